The molecule has 4 nitrogen and oxygen atoms in total. The number of carbonyl (C=O) groups is 2. The van der Waals surface area contributed by atoms with Crippen molar-refractivity contribution in [2.45, 2.75) is 12.8 Å². The Labute approximate surface area is 119 Å². The number of carbonyl (C=O) groups excluding carboxylic acids is 1. The quantitative estimate of drug-likeness (QED) is 0.824. The summed E-state index contributed by atoms with van der Waals surface area (Å²) in [5, 5.41) is 9.01. The third-order valence-electron chi connectivity index (χ3n) is 3.13. The van der Waals surface area contributed by atoms with E-state index in [-0.39, 0.29) is 5.91 Å². The molecule has 1 aliphatic rings. The van der Waals surface area contributed by atoms with Crippen LogP contribution < -0.4 is 0 Å². The highest BCUT2D eigenvalue weighted by atomic mass is 127. The number of likely N-dealkylation sites (tertiary alicyclic amines) is 1. The van der Waals surface area contributed by atoms with Gasteiger partial charge in [-0.05, 0) is 53.6 Å². The minimum absolute atomic E-state index is 0.0699. The van der Waals surface area contributed by atoms with Crippen LogP contribution in [0.5, 0.6) is 0 Å². The zero-order valence-corrected chi connectivity index (χ0v) is 12.0. The van der Waals surface area contributed by atoms with Gasteiger partial charge in [-0.3, -0.25) is 9.59 Å². The maximum atomic E-state index is 12.2. The lowest BCUT2D eigenvalue weighted by Crippen LogP contribution is -2.42. The summed E-state index contributed by atoms with van der Waals surface area (Å²) in [5.41, 5.74) is 0.632. The van der Waals surface area contributed by atoms with Gasteiger partial charge in [-0.15, -0.1) is 0 Å². The first-order chi connectivity index (χ1) is 8.58. The van der Waals surface area contributed by atoms with Gasteiger partial charge < -0.3 is 10.0 Å². The predicted octanol–water partition coefficient (Wildman–Crippen LogP) is 2.23. The van der Waals surface area contributed by atoms with Crippen molar-refractivity contribution in [2.24, 2.45) is 5.92 Å². The molecule has 5 heteroatoms. The summed E-state index contributed by atoms with van der Waals surface area (Å²) in [6, 6.07) is 7.36. The molecule has 0 aliphatic carbocycles. The minimum Gasteiger partial charge on any atom is -0.481 e. The number of halogens is 1. The maximum absolute atomic E-state index is 12.2. The second-order valence-electron chi connectivity index (χ2n) is 4.44. The fraction of sp³-hybridized carbons (Fsp3) is 0.385. The Kier molecular flexibility index (Phi) is 4.21. The van der Waals surface area contributed by atoms with E-state index in [1.54, 1.807) is 11.0 Å². The summed E-state index contributed by atoms with van der Waals surface area (Å²) in [7, 11) is 0. The SMILES string of the molecule is O=C(O)[C@H]1CCCN(C(=O)c2cccc(I)c2)C1. The second-order valence-corrected chi connectivity index (χ2v) is 5.68. The monoisotopic (exact) mass is 359 g/mol. The zero-order valence-electron chi connectivity index (χ0n) is 9.80. The van der Waals surface area contributed by atoms with Gasteiger partial charge in [-0.2, -0.15) is 0 Å². The number of hydrogen-bond acceptors (Lipinski definition) is 2. The van der Waals surface area contributed by atoms with Crippen molar-refractivity contribution >= 4 is 34.5 Å². The third-order valence-corrected chi connectivity index (χ3v) is 3.80. The van der Waals surface area contributed by atoms with Crippen molar-refractivity contribution in [1.29, 1.82) is 0 Å². The lowest BCUT2D eigenvalue weighted by molar-refractivity contribution is -0.143. The van der Waals surface area contributed by atoms with Gasteiger partial charge in [0.25, 0.3) is 5.91 Å². The van der Waals surface area contributed by atoms with E-state index in [1.165, 1.54) is 0 Å². The van der Waals surface area contributed by atoms with Crippen LogP contribution >= 0.6 is 22.6 Å². The molecule has 18 heavy (non-hydrogen) atoms. The van der Waals surface area contributed by atoms with E-state index in [2.05, 4.69) is 22.6 Å². The fourth-order valence-electron chi connectivity index (χ4n) is 2.17. The average Bonchev–Trinajstić information content (AvgIpc) is 2.38. The van der Waals surface area contributed by atoms with Crippen LogP contribution in [-0.4, -0.2) is 35.0 Å². The molecule has 1 fully saturated rings. The number of benzene rings is 1. The van der Waals surface area contributed by atoms with Crippen LogP contribution in [0.25, 0.3) is 0 Å². The lowest BCUT2D eigenvalue weighted by Gasteiger charge is -2.30. The van der Waals surface area contributed by atoms with Gasteiger partial charge in [0.05, 0.1) is 5.92 Å². The van der Waals surface area contributed by atoms with Crippen LogP contribution in [0.3, 0.4) is 0 Å². The summed E-state index contributed by atoms with van der Waals surface area (Å²) in [4.78, 5) is 24.9. The third kappa shape index (κ3) is 3.01. The molecular weight excluding hydrogens is 345 g/mol. The van der Waals surface area contributed by atoms with E-state index < -0.39 is 11.9 Å². The number of carboxylic acids is 1. The molecule has 0 saturated carbocycles. The van der Waals surface area contributed by atoms with Crippen LogP contribution in [0.2, 0.25) is 0 Å². The van der Waals surface area contributed by atoms with Gasteiger partial charge in [-0.25, -0.2) is 0 Å². The Morgan fingerprint density at radius 3 is 2.83 bits per heavy atom. The van der Waals surface area contributed by atoms with Crippen LogP contribution in [0.4, 0.5) is 0 Å². The highest BCUT2D eigenvalue weighted by molar-refractivity contribution is 14.1. The Morgan fingerprint density at radius 2 is 2.17 bits per heavy atom. The molecule has 0 bridgehead atoms. The normalized spacial score (nSPS) is 19.6. The number of piperidine rings is 1. The highest BCUT2D eigenvalue weighted by Gasteiger charge is 2.28. The van der Waals surface area contributed by atoms with Crippen LogP contribution in [-0.2, 0) is 4.79 Å². The van der Waals surface area contributed by atoms with Crippen molar-refractivity contribution in [1.82, 2.24) is 4.90 Å². The minimum atomic E-state index is -0.810. The van der Waals surface area contributed by atoms with E-state index in [0.717, 1.165) is 9.99 Å². The highest BCUT2D eigenvalue weighted by Crippen LogP contribution is 2.19. The zero-order chi connectivity index (χ0) is 13.1. The van der Waals surface area contributed by atoms with Gasteiger partial charge in [-0.1, -0.05) is 6.07 Å². The molecular formula is C13H14INO3. The van der Waals surface area contributed by atoms with Gasteiger partial charge in [0, 0.05) is 22.2 Å². The summed E-state index contributed by atoms with van der Waals surface area (Å²) in [6.45, 7) is 0.966. The number of nitrogens with zero attached hydrogens (tertiary/aromatic N) is 1. The van der Waals surface area contributed by atoms with E-state index in [0.29, 0.717) is 25.1 Å². The molecule has 1 amide bonds. The smallest absolute Gasteiger partial charge is 0.308 e. The summed E-state index contributed by atoms with van der Waals surface area (Å²) in [6.07, 6.45) is 1.41. The molecule has 1 aromatic carbocycles. The fourth-order valence-corrected chi connectivity index (χ4v) is 2.71. The maximum Gasteiger partial charge on any atom is 0.308 e. The summed E-state index contributed by atoms with van der Waals surface area (Å²) >= 11 is 2.16. The van der Waals surface area contributed by atoms with Gasteiger partial charge in [0.2, 0.25) is 0 Å². The van der Waals surface area contributed by atoms with E-state index in [1.807, 2.05) is 18.2 Å². The first kappa shape index (κ1) is 13.3. The molecule has 1 N–H and O–H groups in total. The molecule has 0 unspecified atom stereocenters. The van der Waals surface area contributed by atoms with Crippen molar-refractivity contribution in [3.8, 4) is 0 Å². The topological polar surface area (TPSA) is 57.6 Å². The molecule has 1 heterocycles. The first-order valence-electron chi connectivity index (χ1n) is 5.85. The molecule has 1 aromatic rings. The number of amides is 1. The Balaban J connectivity index is 2.11. The molecule has 1 atom stereocenters. The summed E-state index contributed by atoms with van der Waals surface area (Å²) in [5.74, 6) is -1.31. The number of aliphatic carboxylic acids is 1. The molecule has 0 aromatic heterocycles. The van der Waals surface area contributed by atoms with Crippen molar-refractivity contribution < 1.29 is 14.7 Å². The number of hydrogen-bond donors (Lipinski definition) is 1. The van der Waals surface area contributed by atoms with Gasteiger partial charge in [0.1, 0.15) is 0 Å². The Bertz CT molecular complexity index is 475. The van der Waals surface area contributed by atoms with Gasteiger partial charge >= 0.3 is 5.97 Å². The average molecular weight is 359 g/mol. The van der Waals surface area contributed by atoms with Crippen LogP contribution in [0, 0.1) is 9.49 Å². The molecule has 0 spiro atoms. The predicted molar refractivity (Wildman–Crippen MR) is 75.4 cm³/mol. The molecule has 96 valence electrons. The first-order valence-corrected chi connectivity index (χ1v) is 6.93. The molecule has 2 rings (SSSR count). The molecule has 0 radical (unpaired) electrons. The lowest BCUT2D eigenvalue weighted by atomic mass is 9.97. The second kappa shape index (κ2) is 5.69. The molecule has 1 aliphatic heterocycles. The van der Waals surface area contributed by atoms with Gasteiger partial charge in [0.15, 0.2) is 0 Å². The summed E-state index contributed by atoms with van der Waals surface area (Å²) < 4.78 is 1.00. The molecule has 1 saturated heterocycles. The Hall–Kier alpha value is -1.11. The largest absolute Gasteiger partial charge is 0.481 e. The van der Waals surface area contributed by atoms with Crippen LogP contribution in [0.15, 0.2) is 24.3 Å². The van der Waals surface area contributed by atoms with E-state index >= 15 is 0 Å². The van der Waals surface area contributed by atoms with E-state index in [4.69, 9.17) is 5.11 Å². The van der Waals surface area contributed by atoms with Crippen molar-refractivity contribution in [2.75, 3.05) is 13.1 Å². The Morgan fingerprint density at radius 1 is 1.39 bits per heavy atom. The number of carboxylic acid groups (broad SMARTS) is 1. The van der Waals surface area contributed by atoms with Crippen LogP contribution in [0.1, 0.15) is 23.2 Å². The van der Waals surface area contributed by atoms with Crippen molar-refractivity contribution in [3.63, 3.8) is 0 Å². The van der Waals surface area contributed by atoms with Crippen molar-refractivity contribution in [3.05, 3.63) is 33.4 Å². The van der Waals surface area contributed by atoms with E-state index in [9.17, 15) is 9.59 Å². The number of rotatable bonds is 2. The standard InChI is InChI=1S/C13H14INO3/c14-11-5-1-3-9(7-11)12(16)15-6-2-4-10(8-15)13(17)18/h1,3,5,7,10H,2,4,6,8H2,(H,17,18)/t10-/m0/s1.